The van der Waals surface area contributed by atoms with Gasteiger partial charge < -0.3 is 28.5 Å². The van der Waals surface area contributed by atoms with Gasteiger partial charge in [-0.1, -0.05) is 47.5 Å². The molecule has 10 rings (SSSR count). The number of carboxylic acids is 2. The number of carboxylic acid groups (broad SMARTS) is 2. The number of carbonyl (C=O) groups is 2. The second kappa shape index (κ2) is 15.3. The number of halogens is 2. The van der Waals surface area contributed by atoms with Crippen LogP contribution in [0.15, 0.2) is 103 Å². The van der Waals surface area contributed by atoms with E-state index in [0.29, 0.717) is 104 Å². The molecule has 12 heteroatoms. The zero-order valence-corrected chi connectivity index (χ0v) is 32.6. The van der Waals surface area contributed by atoms with Gasteiger partial charge >= 0.3 is 11.9 Å². The quantitative estimate of drug-likeness (QED) is 0.136. The maximum Gasteiger partial charge on any atom is 0.306 e. The van der Waals surface area contributed by atoms with Crippen molar-refractivity contribution >= 4 is 57.1 Å². The molecule has 296 valence electrons. The minimum absolute atomic E-state index is 0.153. The maximum atomic E-state index is 12.6. The Bertz CT molecular complexity index is 2530. The van der Waals surface area contributed by atoms with Crippen molar-refractivity contribution in [2.45, 2.75) is 75.4 Å². The summed E-state index contributed by atoms with van der Waals surface area (Å²) in [6.45, 7) is 0. The fourth-order valence-electron chi connectivity index (χ4n) is 7.66. The smallest absolute Gasteiger partial charge is 0.306 e. The van der Waals surface area contributed by atoms with Crippen molar-refractivity contribution in [2.24, 2.45) is 11.8 Å². The number of fused-ring (bicyclic) bond motifs is 2. The van der Waals surface area contributed by atoms with Gasteiger partial charge in [-0.25, -0.2) is 0 Å². The molecule has 6 aromatic rings. The highest BCUT2D eigenvalue weighted by molar-refractivity contribution is 6.35. The Kier molecular flexibility index (Phi) is 10.0. The third-order valence-corrected chi connectivity index (χ3v) is 12.1. The highest BCUT2D eigenvalue weighted by atomic mass is 35.5. The summed E-state index contributed by atoms with van der Waals surface area (Å²) in [5.74, 6) is 0.828. The van der Waals surface area contributed by atoms with Gasteiger partial charge in [-0.2, -0.15) is 0 Å². The van der Waals surface area contributed by atoms with E-state index in [4.69, 9.17) is 51.7 Å². The first kappa shape index (κ1) is 38.0. The number of aliphatic carboxylic acids is 2. The number of benzene rings is 4. The molecule has 58 heavy (non-hydrogen) atoms. The third-order valence-electron chi connectivity index (χ3n) is 11.5. The van der Waals surface area contributed by atoms with E-state index >= 15 is 0 Å². The number of hydrogen-bond acceptors (Lipinski definition) is 8. The van der Waals surface area contributed by atoms with Crippen LogP contribution in [0.1, 0.15) is 74.3 Å². The van der Waals surface area contributed by atoms with Gasteiger partial charge in [0.05, 0.1) is 43.8 Å². The Labute approximate surface area is 341 Å². The van der Waals surface area contributed by atoms with E-state index in [9.17, 15) is 19.2 Å². The molecule has 2 aromatic heterocycles. The summed E-state index contributed by atoms with van der Waals surface area (Å²) in [5.41, 5.74) is 4.09. The van der Waals surface area contributed by atoms with E-state index in [1.807, 2.05) is 36.4 Å². The monoisotopic (exact) mass is 820 g/mol. The Balaban J connectivity index is 0.000000150. The van der Waals surface area contributed by atoms with Gasteiger partial charge in [0, 0.05) is 12.1 Å². The third kappa shape index (κ3) is 7.71. The van der Waals surface area contributed by atoms with Crippen LogP contribution in [0.3, 0.4) is 0 Å². The molecule has 4 aliphatic carbocycles. The van der Waals surface area contributed by atoms with Crippen molar-refractivity contribution in [1.82, 2.24) is 0 Å². The standard InChI is InChI=1S/2C23H19ClO5/c2*24-18-3-1-2-16-19(25)11-21(29-22(16)18)17-7-6-13(12-4-5-12)10-20(17)28-15-8-14(9-15)23(26)27/h2*1-3,6-7,10-12,14-15H,4-5,8-9H2,(H,26,27)/t14-,15+;. The Hall–Kier alpha value is -5.58. The summed E-state index contributed by atoms with van der Waals surface area (Å²) in [7, 11) is 0. The van der Waals surface area contributed by atoms with Crippen LogP contribution in [0.4, 0.5) is 0 Å². The van der Waals surface area contributed by atoms with Crippen LogP contribution in [0, 0.1) is 11.8 Å². The first-order valence-electron chi connectivity index (χ1n) is 19.5. The lowest BCUT2D eigenvalue weighted by Crippen LogP contribution is -2.38. The fraction of sp³-hybridized carbons (Fsp3) is 0.304. The summed E-state index contributed by atoms with van der Waals surface area (Å²) < 4.78 is 24.3. The molecular weight excluding hydrogens is 783 g/mol. The zero-order valence-electron chi connectivity index (χ0n) is 31.1. The molecule has 2 N–H and O–H groups in total. The number of hydrogen-bond donors (Lipinski definition) is 2. The van der Waals surface area contributed by atoms with E-state index in [1.54, 1.807) is 36.4 Å². The fourth-order valence-corrected chi connectivity index (χ4v) is 8.08. The molecule has 0 spiro atoms. The first-order chi connectivity index (χ1) is 28.0. The molecule has 0 radical (unpaired) electrons. The second-order valence-electron chi connectivity index (χ2n) is 15.7. The van der Waals surface area contributed by atoms with Crippen LogP contribution in [0.5, 0.6) is 11.5 Å². The van der Waals surface area contributed by atoms with Crippen molar-refractivity contribution in [3.05, 3.63) is 127 Å². The second-order valence-corrected chi connectivity index (χ2v) is 16.5. The van der Waals surface area contributed by atoms with Crippen LogP contribution in [0.25, 0.3) is 44.6 Å². The molecule has 2 heterocycles. The van der Waals surface area contributed by atoms with Crippen molar-refractivity contribution in [2.75, 3.05) is 0 Å². The normalized spacial score (nSPS) is 21.0. The highest BCUT2D eigenvalue weighted by Crippen LogP contribution is 2.46. The Morgan fingerprint density at radius 2 is 0.966 bits per heavy atom. The molecule has 4 aliphatic rings. The Morgan fingerprint density at radius 3 is 1.33 bits per heavy atom. The number of para-hydroxylation sites is 2. The van der Waals surface area contributed by atoms with Gasteiger partial charge in [0.25, 0.3) is 0 Å². The molecule has 0 unspecified atom stereocenters. The highest BCUT2D eigenvalue weighted by Gasteiger charge is 2.38. The van der Waals surface area contributed by atoms with Crippen molar-refractivity contribution < 1.29 is 38.1 Å². The molecule has 0 atom stereocenters. The van der Waals surface area contributed by atoms with Crippen molar-refractivity contribution in [3.8, 4) is 34.1 Å². The maximum absolute atomic E-state index is 12.6. The molecular formula is C46H38Cl2O10. The largest absolute Gasteiger partial charge is 0.490 e. The summed E-state index contributed by atoms with van der Waals surface area (Å²) in [4.78, 5) is 47.4. The average Bonchev–Trinajstić information content (AvgIpc) is 4.09. The minimum atomic E-state index is -0.785. The molecule has 4 fully saturated rings. The molecule has 4 aromatic carbocycles. The van der Waals surface area contributed by atoms with E-state index in [2.05, 4.69) is 0 Å². The first-order valence-corrected chi connectivity index (χ1v) is 20.3. The average molecular weight is 822 g/mol. The molecule has 0 saturated heterocycles. The zero-order chi connectivity index (χ0) is 40.2. The van der Waals surface area contributed by atoms with Gasteiger partial charge in [0.2, 0.25) is 0 Å². The lowest BCUT2D eigenvalue weighted by molar-refractivity contribution is -0.148. The number of ether oxygens (including phenoxy) is 2. The van der Waals surface area contributed by atoms with E-state index in [1.165, 1.54) is 23.3 Å². The van der Waals surface area contributed by atoms with E-state index in [0.717, 1.165) is 25.7 Å². The van der Waals surface area contributed by atoms with Crippen LogP contribution < -0.4 is 20.3 Å². The van der Waals surface area contributed by atoms with E-state index < -0.39 is 11.9 Å². The SMILES string of the molecule is O=C(O)C1CC(Oc2cc(C3CC3)ccc2-c2cc(=O)c3cccc(Cl)c3o2)C1.O=c1cc(-c2ccc(C3CC3)cc2O[C@H]2C[C@@H](C(=O)O)C2)oc2c(Cl)cccc12. The van der Waals surface area contributed by atoms with Crippen LogP contribution in [-0.4, -0.2) is 34.4 Å². The van der Waals surface area contributed by atoms with Gasteiger partial charge in [0.1, 0.15) is 35.2 Å². The van der Waals surface area contributed by atoms with Gasteiger partial charge in [0.15, 0.2) is 22.0 Å². The van der Waals surface area contributed by atoms with Crippen molar-refractivity contribution in [3.63, 3.8) is 0 Å². The molecule has 10 nitrogen and oxygen atoms in total. The van der Waals surface area contributed by atoms with Gasteiger partial charge in [-0.3, -0.25) is 19.2 Å². The van der Waals surface area contributed by atoms with Gasteiger partial charge in [-0.15, -0.1) is 0 Å². The molecule has 0 amide bonds. The van der Waals surface area contributed by atoms with Gasteiger partial charge in [-0.05, 0) is 123 Å². The summed E-state index contributed by atoms with van der Waals surface area (Å²) in [6, 6.07) is 25.0. The van der Waals surface area contributed by atoms with Crippen LogP contribution in [-0.2, 0) is 9.59 Å². The minimum Gasteiger partial charge on any atom is -0.490 e. The molecule has 0 bridgehead atoms. The summed E-state index contributed by atoms with van der Waals surface area (Å²) >= 11 is 12.5. The van der Waals surface area contributed by atoms with Crippen molar-refractivity contribution in [1.29, 1.82) is 0 Å². The Morgan fingerprint density at radius 1 is 0.569 bits per heavy atom. The predicted octanol–water partition coefficient (Wildman–Crippen LogP) is 10.5. The summed E-state index contributed by atoms with van der Waals surface area (Å²) in [6.07, 6.45) is 6.25. The lowest BCUT2D eigenvalue weighted by Gasteiger charge is -2.33. The van der Waals surface area contributed by atoms with Crippen LogP contribution >= 0.6 is 23.2 Å². The van der Waals surface area contributed by atoms with E-state index in [-0.39, 0.29) is 34.9 Å². The number of rotatable bonds is 10. The predicted molar refractivity (Wildman–Crippen MR) is 219 cm³/mol. The summed E-state index contributed by atoms with van der Waals surface area (Å²) in [5, 5.41) is 19.8. The lowest BCUT2D eigenvalue weighted by atomic mass is 9.82. The van der Waals surface area contributed by atoms with Crippen LogP contribution in [0.2, 0.25) is 10.0 Å². The molecule has 0 aliphatic heterocycles. The molecule has 4 saturated carbocycles. The topological polar surface area (TPSA) is 153 Å².